The maximum absolute atomic E-state index is 12.9. The quantitative estimate of drug-likeness (QED) is 0.905. The highest BCUT2D eigenvalue weighted by molar-refractivity contribution is 5.94. The van der Waals surface area contributed by atoms with Gasteiger partial charge in [0.25, 0.3) is 11.5 Å². The minimum Gasteiger partial charge on any atom is -0.370 e. The molecule has 0 radical (unpaired) electrons. The number of H-pyrrole nitrogens is 1. The zero-order chi connectivity index (χ0) is 17.4. The second-order valence-electron chi connectivity index (χ2n) is 6.71. The number of aromatic nitrogens is 2. The maximum Gasteiger partial charge on any atom is 0.261 e. The Hall–Kier alpha value is -2.47. The van der Waals surface area contributed by atoms with E-state index in [1.807, 2.05) is 19.1 Å². The van der Waals surface area contributed by atoms with E-state index in [-0.39, 0.29) is 23.1 Å². The number of ether oxygens (including phenoxy) is 1. The van der Waals surface area contributed by atoms with Crippen molar-refractivity contribution >= 4 is 5.91 Å². The highest BCUT2D eigenvalue weighted by Crippen LogP contribution is 2.24. The molecule has 3 heterocycles. The average Bonchev–Trinajstić information content (AvgIpc) is 3.07. The van der Waals surface area contributed by atoms with Crippen molar-refractivity contribution in [2.75, 3.05) is 19.7 Å². The molecule has 1 N–H and O–H groups in total. The topological polar surface area (TPSA) is 75.3 Å². The summed E-state index contributed by atoms with van der Waals surface area (Å²) in [5, 5.41) is 0. The predicted molar refractivity (Wildman–Crippen MR) is 92.7 cm³/mol. The van der Waals surface area contributed by atoms with Gasteiger partial charge in [-0.05, 0) is 55.5 Å². The first kappa shape index (κ1) is 16.0. The van der Waals surface area contributed by atoms with Gasteiger partial charge in [-0.2, -0.15) is 0 Å². The summed E-state index contributed by atoms with van der Waals surface area (Å²) < 4.78 is 5.83. The van der Waals surface area contributed by atoms with Gasteiger partial charge in [0, 0.05) is 24.1 Å². The third-order valence-corrected chi connectivity index (χ3v) is 4.96. The van der Waals surface area contributed by atoms with Gasteiger partial charge in [-0.25, -0.2) is 0 Å². The lowest BCUT2D eigenvalue weighted by molar-refractivity contribution is -0.0229. The smallest absolute Gasteiger partial charge is 0.261 e. The summed E-state index contributed by atoms with van der Waals surface area (Å²) >= 11 is 0. The molecule has 0 unspecified atom stereocenters. The Morgan fingerprint density at radius 1 is 1.36 bits per heavy atom. The minimum atomic E-state index is -0.284. The molecule has 130 valence electrons. The van der Waals surface area contributed by atoms with Gasteiger partial charge in [-0.1, -0.05) is 0 Å². The van der Waals surface area contributed by atoms with Crippen molar-refractivity contribution in [2.24, 2.45) is 0 Å². The molecule has 0 aromatic carbocycles. The van der Waals surface area contributed by atoms with Crippen LogP contribution in [0.2, 0.25) is 0 Å². The fourth-order valence-corrected chi connectivity index (χ4v) is 3.65. The molecule has 1 fully saturated rings. The number of hydrogen-bond donors (Lipinski definition) is 1. The molecule has 0 spiro atoms. The van der Waals surface area contributed by atoms with Crippen LogP contribution in [-0.4, -0.2) is 40.5 Å². The number of aryl methyl sites for hydroxylation is 3. The van der Waals surface area contributed by atoms with Crippen molar-refractivity contribution in [3.63, 3.8) is 0 Å². The van der Waals surface area contributed by atoms with Crippen molar-refractivity contribution in [3.8, 4) is 0 Å². The SMILES string of the molecule is Cc1cc([C@@H]2CN(C(=O)c3cc4c([nH]c3=O)CCC4)CCO2)ccn1. The van der Waals surface area contributed by atoms with Gasteiger partial charge >= 0.3 is 0 Å². The van der Waals surface area contributed by atoms with Crippen LogP contribution in [0.25, 0.3) is 0 Å². The number of nitrogens with one attached hydrogen (secondary N) is 1. The lowest BCUT2D eigenvalue weighted by atomic mass is 10.1. The standard InChI is InChI=1S/C19H21N3O3/c1-12-9-14(5-6-20-12)17-11-22(7-8-25-17)19(24)15-10-13-3-2-4-16(13)21-18(15)23/h5-6,9-10,17H,2-4,7-8,11H2,1H3,(H,21,23)/t17-/m0/s1. The first-order valence-corrected chi connectivity index (χ1v) is 8.70. The molecule has 6 heteroatoms. The maximum atomic E-state index is 12.9. The third kappa shape index (κ3) is 3.09. The number of fused-ring (bicyclic) bond motifs is 1. The second kappa shape index (κ2) is 6.44. The van der Waals surface area contributed by atoms with Crippen molar-refractivity contribution in [3.05, 3.63) is 62.8 Å². The highest BCUT2D eigenvalue weighted by atomic mass is 16.5. The van der Waals surface area contributed by atoms with Crippen LogP contribution >= 0.6 is 0 Å². The van der Waals surface area contributed by atoms with E-state index >= 15 is 0 Å². The Bertz CT molecular complexity index is 874. The summed E-state index contributed by atoms with van der Waals surface area (Å²) in [4.78, 5) is 34.0. The van der Waals surface area contributed by atoms with Gasteiger partial charge in [0.05, 0.1) is 13.2 Å². The summed E-state index contributed by atoms with van der Waals surface area (Å²) in [6.07, 6.45) is 4.41. The summed E-state index contributed by atoms with van der Waals surface area (Å²) in [5.41, 5.74) is 3.96. The zero-order valence-corrected chi connectivity index (χ0v) is 14.2. The normalized spacial score (nSPS) is 19.7. The molecule has 2 aliphatic rings. The van der Waals surface area contributed by atoms with Crippen LogP contribution in [0.4, 0.5) is 0 Å². The molecule has 0 bridgehead atoms. The number of pyridine rings is 2. The molecule has 1 aliphatic heterocycles. The number of carbonyl (C=O) groups is 1. The average molecular weight is 339 g/mol. The van der Waals surface area contributed by atoms with Crippen LogP contribution in [0.1, 0.15) is 45.4 Å². The fraction of sp³-hybridized carbons (Fsp3) is 0.421. The zero-order valence-electron chi connectivity index (χ0n) is 14.2. The van der Waals surface area contributed by atoms with E-state index in [1.54, 1.807) is 17.2 Å². The van der Waals surface area contributed by atoms with Crippen LogP contribution in [0, 0.1) is 6.92 Å². The molecular formula is C19H21N3O3. The van der Waals surface area contributed by atoms with Crippen LogP contribution in [0.3, 0.4) is 0 Å². The number of rotatable bonds is 2. The molecule has 0 saturated carbocycles. The van der Waals surface area contributed by atoms with Gasteiger partial charge in [-0.3, -0.25) is 14.6 Å². The van der Waals surface area contributed by atoms with Crippen molar-refractivity contribution in [1.82, 2.24) is 14.9 Å². The second-order valence-corrected chi connectivity index (χ2v) is 6.71. The third-order valence-electron chi connectivity index (χ3n) is 4.96. The molecule has 2 aromatic rings. The molecule has 25 heavy (non-hydrogen) atoms. The molecule has 1 amide bonds. The Labute approximate surface area is 145 Å². The molecule has 4 rings (SSSR count). The van der Waals surface area contributed by atoms with Gasteiger partial charge in [0.15, 0.2) is 0 Å². The minimum absolute atomic E-state index is 0.187. The Morgan fingerprint density at radius 2 is 2.24 bits per heavy atom. The van der Waals surface area contributed by atoms with Crippen molar-refractivity contribution in [1.29, 1.82) is 0 Å². The largest absolute Gasteiger partial charge is 0.370 e. The van der Waals surface area contributed by atoms with E-state index in [0.717, 1.165) is 41.8 Å². The Balaban J connectivity index is 1.57. The Kier molecular flexibility index (Phi) is 4.13. The van der Waals surface area contributed by atoms with Crippen LogP contribution in [0.5, 0.6) is 0 Å². The summed E-state index contributed by atoms with van der Waals surface area (Å²) in [5.74, 6) is -0.213. The highest BCUT2D eigenvalue weighted by Gasteiger charge is 2.28. The van der Waals surface area contributed by atoms with Crippen molar-refractivity contribution < 1.29 is 9.53 Å². The number of carbonyl (C=O) groups excluding carboxylic acids is 1. The van der Waals surface area contributed by atoms with Crippen LogP contribution in [-0.2, 0) is 17.6 Å². The van der Waals surface area contributed by atoms with E-state index in [2.05, 4.69) is 9.97 Å². The predicted octanol–water partition coefficient (Wildman–Crippen LogP) is 1.78. The number of nitrogens with zero attached hydrogens (tertiary/aromatic N) is 2. The van der Waals surface area contributed by atoms with Gasteiger partial charge in [-0.15, -0.1) is 0 Å². The molecule has 1 aliphatic carbocycles. The first-order valence-electron chi connectivity index (χ1n) is 8.70. The van der Waals surface area contributed by atoms with E-state index in [9.17, 15) is 9.59 Å². The number of hydrogen-bond acceptors (Lipinski definition) is 4. The van der Waals surface area contributed by atoms with Crippen LogP contribution in [0.15, 0.2) is 29.2 Å². The number of aromatic amines is 1. The summed E-state index contributed by atoms with van der Waals surface area (Å²) in [6, 6.07) is 5.67. The fourth-order valence-electron chi connectivity index (χ4n) is 3.65. The first-order chi connectivity index (χ1) is 12.1. The number of morpholine rings is 1. The van der Waals surface area contributed by atoms with Gasteiger partial charge in [0.1, 0.15) is 11.7 Å². The molecule has 1 atom stereocenters. The molecule has 2 aromatic heterocycles. The molecule has 1 saturated heterocycles. The number of amides is 1. The van der Waals surface area contributed by atoms with E-state index in [0.29, 0.717) is 19.7 Å². The van der Waals surface area contributed by atoms with Gasteiger partial charge in [0.2, 0.25) is 0 Å². The van der Waals surface area contributed by atoms with E-state index < -0.39 is 0 Å². The molecule has 6 nitrogen and oxygen atoms in total. The van der Waals surface area contributed by atoms with Crippen molar-refractivity contribution in [2.45, 2.75) is 32.3 Å². The Morgan fingerprint density at radius 3 is 3.08 bits per heavy atom. The van der Waals surface area contributed by atoms with E-state index in [4.69, 9.17) is 4.74 Å². The van der Waals surface area contributed by atoms with Gasteiger partial charge < -0.3 is 14.6 Å². The molecular weight excluding hydrogens is 318 g/mol. The van der Waals surface area contributed by atoms with E-state index in [1.165, 1.54) is 0 Å². The van der Waals surface area contributed by atoms with Crippen LogP contribution < -0.4 is 5.56 Å². The summed E-state index contributed by atoms with van der Waals surface area (Å²) in [6.45, 7) is 3.33. The lowest BCUT2D eigenvalue weighted by Crippen LogP contribution is -2.44. The lowest BCUT2D eigenvalue weighted by Gasteiger charge is -2.33. The monoisotopic (exact) mass is 339 g/mol. The summed E-state index contributed by atoms with van der Waals surface area (Å²) in [7, 11) is 0.